The van der Waals surface area contributed by atoms with Gasteiger partial charge in [0.2, 0.25) is 10.0 Å². The molecule has 1 aromatic rings. The molecule has 0 saturated carbocycles. The lowest BCUT2D eigenvalue weighted by atomic mass is 10.1. The third kappa shape index (κ3) is 5.77. The highest BCUT2D eigenvalue weighted by Gasteiger charge is 2.34. The molecule has 0 amide bonds. The molecule has 0 aliphatic carbocycles. The van der Waals surface area contributed by atoms with Crippen molar-refractivity contribution in [1.29, 1.82) is 0 Å². The molecule has 4 nitrogen and oxygen atoms in total. The summed E-state index contributed by atoms with van der Waals surface area (Å²) in [5, 5.41) is 0. The monoisotopic (exact) mass is 350 g/mol. The molecule has 0 fully saturated rings. The Bertz CT molecular complexity index is 597. The van der Waals surface area contributed by atoms with E-state index in [-0.39, 0.29) is 19.0 Å². The molecule has 1 rings (SSSR count). The third-order valence-corrected chi connectivity index (χ3v) is 3.67. The highest BCUT2D eigenvalue weighted by Crippen LogP contribution is 2.32. The second kappa shape index (κ2) is 6.47. The number of benzene rings is 1. The van der Waals surface area contributed by atoms with Crippen LogP contribution in [-0.2, 0) is 16.2 Å². The highest BCUT2D eigenvalue weighted by atomic mass is 35.5. The number of hydrogen-bond acceptors (Lipinski definition) is 3. The van der Waals surface area contributed by atoms with E-state index in [0.717, 1.165) is 0 Å². The van der Waals surface area contributed by atoms with Gasteiger partial charge in [0.15, 0.2) is 0 Å². The maximum Gasteiger partial charge on any atom is 0.419 e. The van der Waals surface area contributed by atoms with E-state index in [0.29, 0.717) is 18.2 Å². The first-order chi connectivity index (χ1) is 8.83. The lowest BCUT2D eigenvalue weighted by molar-refractivity contribution is -0.140. The number of nitrogens with one attached hydrogen (secondary N) is 1. The minimum absolute atomic E-state index is 0. The molecule has 0 heterocycles. The molecule has 122 valence electrons. The van der Waals surface area contributed by atoms with Gasteiger partial charge in [0, 0.05) is 12.1 Å². The molecular weight excluding hydrogens is 336 g/mol. The average Bonchev–Trinajstić information content (AvgIpc) is 2.24. The Kier molecular flexibility index (Phi) is 6.19. The zero-order valence-electron chi connectivity index (χ0n) is 11.2. The molecule has 0 aromatic heterocycles. The van der Waals surface area contributed by atoms with Gasteiger partial charge in [-0.1, -0.05) is 0 Å². The standard InChI is InChI=1S/C11H14F4N2O2S.ClH/c1-10(2,16)6-17-20(18,19)7-3-4-8(9(12)5-7)11(13,14)15;/h3-5,17H,6,16H2,1-2H3;1H. The smallest absolute Gasteiger partial charge is 0.324 e. The predicted molar refractivity (Wildman–Crippen MR) is 72.1 cm³/mol. The van der Waals surface area contributed by atoms with Gasteiger partial charge in [0.1, 0.15) is 5.82 Å². The van der Waals surface area contributed by atoms with Crippen molar-refractivity contribution in [2.24, 2.45) is 5.73 Å². The van der Waals surface area contributed by atoms with Gasteiger partial charge in [-0.25, -0.2) is 17.5 Å². The van der Waals surface area contributed by atoms with Crippen molar-refractivity contribution in [2.45, 2.75) is 30.5 Å². The molecule has 1 aromatic carbocycles. The van der Waals surface area contributed by atoms with Crippen molar-refractivity contribution >= 4 is 22.4 Å². The Morgan fingerprint density at radius 1 is 1.24 bits per heavy atom. The van der Waals surface area contributed by atoms with Crippen molar-refractivity contribution in [3.63, 3.8) is 0 Å². The quantitative estimate of drug-likeness (QED) is 0.818. The van der Waals surface area contributed by atoms with Crippen LogP contribution in [0, 0.1) is 5.82 Å². The summed E-state index contributed by atoms with van der Waals surface area (Å²) in [7, 11) is -4.12. The van der Waals surface area contributed by atoms with Crippen molar-refractivity contribution in [1.82, 2.24) is 4.72 Å². The van der Waals surface area contributed by atoms with Gasteiger partial charge in [0.05, 0.1) is 10.5 Å². The van der Waals surface area contributed by atoms with Gasteiger partial charge in [-0.15, -0.1) is 12.4 Å². The number of sulfonamides is 1. The van der Waals surface area contributed by atoms with Crippen molar-refractivity contribution in [3.05, 3.63) is 29.6 Å². The number of nitrogens with two attached hydrogens (primary N) is 1. The normalized spacial score (nSPS) is 12.9. The summed E-state index contributed by atoms with van der Waals surface area (Å²) in [6.07, 6.45) is -4.88. The van der Waals surface area contributed by atoms with Crippen LogP contribution < -0.4 is 10.5 Å². The maximum absolute atomic E-state index is 13.3. The largest absolute Gasteiger partial charge is 0.419 e. The van der Waals surface area contributed by atoms with Crippen LogP contribution in [0.5, 0.6) is 0 Å². The summed E-state index contributed by atoms with van der Waals surface area (Å²) >= 11 is 0. The summed E-state index contributed by atoms with van der Waals surface area (Å²) in [6.45, 7) is 2.98. The average molecular weight is 351 g/mol. The fraction of sp³-hybridized carbons (Fsp3) is 0.455. The zero-order valence-corrected chi connectivity index (χ0v) is 12.8. The molecule has 3 N–H and O–H groups in total. The van der Waals surface area contributed by atoms with Gasteiger partial charge in [0.25, 0.3) is 0 Å². The van der Waals surface area contributed by atoms with Crippen molar-refractivity contribution in [3.8, 4) is 0 Å². The number of hydrogen-bond donors (Lipinski definition) is 2. The molecule has 0 aliphatic rings. The Balaban J connectivity index is 0.00000400. The molecule has 10 heteroatoms. The second-order valence-corrected chi connectivity index (χ2v) is 6.72. The molecule has 0 unspecified atom stereocenters. The van der Waals surface area contributed by atoms with Crippen LogP contribution in [0.2, 0.25) is 0 Å². The van der Waals surface area contributed by atoms with E-state index in [2.05, 4.69) is 4.72 Å². The van der Waals surface area contributed by atoms with Crippen LogP contribution in [0.4, 0.5) is 17.6 Å². The minimum atomic E-state index is -4.88. The first kappa shape index (κ1) is 20.1. The molecule has 0 saturated heterocycles. The van der Waals surface area contributed by atoms with Crippen LogP contribution >= 0.6 is 12.4 Å². The van der Waals surface area contributed by atoms with Gasteiger partial charge in [-0.2, -0.15) is 13.2 Å². The molecular formula is C11H15ClF4N2O2S. The van der Waals surface area contributed by atoms with Gasteiger partial charge >= 0.3 is 6.18 Å². The minimum Gasteiger partial charge on any atom is -0.324 e. The van der Waals surface area contributed by atoms with E-state index in [1.807, 2.05) is 0 Å². The van der Waals surface area contributed by atoms with Crippen LogP contribution in [-0.4, -0.2) is 20.5 Å². The van der Waals surface area contributed by atoms with Crippen LogP contribution in [0.3, 0.4) is 0 Å². The van der Waals surface area contributed by atoms with Gasteiger partial charge < -0.3 is 5.73 Å². The first-order valence-corrected chi connectivity index (χ1v) is 6.96. The number of halogens is 5. The van der Waals surface area contributed by atoms with Crippen LogP contribution in [0.15, 0.2) is 23.1 Å². The van der Waals surface area contributed by atoms with Crippen LogP contribution in [0.1, 0.15) is 19.4 Å². The molecule has 0 radical (unpaired) electrons. The Morgan fingerprint density at radius 2 is 1.76 bits per heavy atom. The summed E-state index contributed by atoms with van der Waals surface area (Å²) in [5.41, 5.74) is 3.21. The van der Waals surface area contributed by atoms with E-state index in [1.165, 1.54) is 0 Å². The maximum atomic E-state index is 13.3. The molecule has 0 spiro atoms. The number of rotatable bonds is 4. The number of alkyl halides is 3. The summed E-state index contributed by atoms with van der Waals surface area (Å²) in [4.78, 5) is -0.591. The first-order valence-electron chi connectivity index (χ1n) is 5.48. The fourth-order valence-corrected chi connectivity index (χ4v) is 2.49. The van der Waals surface area contributed by atoms with E-state index in [1.54, 1.807) is 13.8 Å². The molecule has 0 atom stereocenters. The summed E-state index contributed by atoms with van der Waals surface area (Å²) in [5.74, 6) is -1.65. The summed E-state index contributed by atoms with van der Waals surface area (Å²) < 4.78 is 76.0. The van der Waals surface area contributed by atoms with Crippen molar-refractivity contribution in [2.75, 3.05) is 6.54 Å². The van der Waals surface area contributed by atoms with Crippen LogP contribution in [0.25, 0.3) is 0 Å². The van der Waals surface area contributed by atoms with Gasteiger partial charge in [-0.05, 0) is 32.0 Å². The van der Waals surface area contributed by atoms with E-state index >= 15 is 0 Å². The fourth-order valence-electron chi connectivity index (χ4n) is 1.26. The predicted octanol–water partition coefficient (Wildman–Crippen LogP) is 2.28. The molecule has 0 bridgehead atoms. The SMILES string of the molecule is CC(C)(N)CNS(=O)(=O)c1ccc(C(F)(F)F)c(F)c1.Cl. The lowest BCUT2D eigenvalue weighted by Crippen LogP contribution is -2.45. The van der Waals surface area contributed by atoms with E-state index in [9.17, 15) is 26.0 Å². The Hall–Kier alpha value is -0.900. The van der Waals surface area contributed by atoms with E-state index in [4.69, 9.17) is 5.73 Å². The van der Waals surface area contributed by atoms with Crippen molar-refractivity contribution < 1.29 is 26.0 Å². The lowest BCUT2D eigenvalue weighted by Gasteiger charge is -2.19. The van der Waals surface area contributed by atoms with Gasteiger partial charge in [-0.3, -0.25) is 0 Å². The molecule has 21 heavy (non-hydrogen) atoms. The zero-order chi connectivity index (χ0) is 15.8. The Labute approximate surface area is 126 Å². The highest BCUT2D eigenvalue weighted by molar-refractivity contribution is 7.89. The second-order valence-electron chi connectivity index (χ2n) is 4.95. The Morgan fingerprint density at radius 3 is 2.14 bits per heavy atom. The van der Waals surface area contributed by atoms with E-state index < -0.39 is 38.0 Å². The molecule has 0 aliphatic heterocycles. The summed E-state index contributed by atoms with van der Waals surface area (Å²) in [6, 6.07) is 1.41. The third-order valence-electron chi connectivity index (χ3n) is 2.27. The topological polar surface area (TPSA) is 72.2 Å².